The largest absolute Gasteiger partial charge is 0.383 e. The first-order valence-corrected chi connectivity index (χ1v) is 5.93. The molecule has 0 saturated heterocycles. The third kappa shape index (κ3) is 4.47. The number of carbonyl (C=O) groups is 1. The lowest BCUT2D eigenvalue weighted by molar-refractivity contribution is -0.121. The second kappa shape index (κ2) is 6.83. The van der Waals surface area contributed by atoms with E-state index in [4.69, 9.17) is 10.6 Å². The maximum atomic E-state index is 11.1. The molecule has 0 aromatic rings. The molecule has 1 fully saturated rings. The van der Waals surface area contributed by atoms with Crippen molar-refractivity contribution < 1.29 is 9.53 Å². The number of nitrogens with zero attached hydrogens (tertiary/aromatic N) is 1. The second-order valence-electron chi connectivity index (χ2n) is 4.42. The van der Waals surface area contributed by atoms with Crippen molar-refractivity contribution in [1.29, 1.82) is 0 Å². The number of ether oxygens (including phenoxy) is 1. The van der Waals surface area contributed by atoms with Gasteiger partial charge in [-0.05, 0) is 26.2 Å². The van der Waals surface area contributed by atoms with Crippen LogP contribution in [0.5, 0.6) is 0 Å². The molecule has 1 unspecified atom stereocenters. The molecule has 0 radical (unpaired) electrons. The van der Waals surface area contributed by atoms with Gasteiger partial charge in [0.15, 0.2) is 0 Å². The Morgan fingerprint density at radius 3 is 2.81 bits per heavy atom. The van der Waals surface area contributed by atoms with Gasteiger partial charge in [0.05, 0.1) is 6.61 Å². The summed E-state index contributed by atoms with van der Waals surface area (Å²) < 4.78 is 5.11. The van der Waals surface area contributed by atoms with Gasteiger partial charge in [-0.15, -0.1) is 0 Å². The number of rotatable bonds is 8. The second-order valence-corrected chi connectivity index (χ2v) is 4.42. The van der Waals surface area contributed by atoms with Crippen LogP contribution in [-0.2, 0) is 9.53 Å². The number of nitrogens with two attached hydrogens (primary N) is 1. The summed E-state index contributed by atoms with van der Waals surface area (Å²) >= 11 is 0. The summed E-state index contributed by atoms with van der Waals surface area (Å²) in [4.78, 5) is 13.5. The van der Waals surface area contributed by atoms with Gasteiger partial charge in [0.2, 0.25) is 5.91 Å². The van der Waals surface area contributed by atoms with Crippen LogP contribution >= 0.6 is 0 Å². The van der Waals surface area contributed by atoms with E-state index < -0.39 is 0 Å². The monoisotopic (exact) mass is 229 g/mol. The SMILES string of the molecule is COCCN(C(C)CCC(=O)NN)C1CC1. The van der Waals surface area contributed by atoms with Crippen molar-refractivity contribution in [1.82, 2.24) is 10.3 Å². The Balaban J connectivity index is 2.29. The molecule has 0 aromatic heterocycles. The highest BCUT2D eigenvalue weighted by molar-refractivity contribution is 5.75. The van der Waals surface area contributed by atoms with Crippen LogP contribution in [0.2, 0.25) is 0 Å². The zero-order valence-electron chi connectivity index (χ0n) is 10.2. The van der Waals surface area contributed by atoms with Crippen molar-refractivity contribution in [3.8, 4) is 0 Å². The van der Waals surface area contributed by atoms with Gasteiger partial charge in [-0.2, -0.15) is 0 Å². The molecule has 0 bridgehead atoms. The molecule has 0 heterocycles. The fourth-order valence-corrected chi connectivity index (χ4v) is 1.94. The summed E-state index contributed by atoms with van der Waals surface area (Å²) in [6, 6.07) is 1.12. The van der Waals surface area contributed by atoms with Crippen LogP contribution in [0.4, 0.5) is 0 Å². The molecule has 16 heavy (non-hydrogen) atoms. The number of nitrogens with one attached hydrogen (secondary N) is 1. The van der Waals surface area contributed by atoms with Gasteiger partial charge in [0.1, 0.15) is 0 Å². The summed E-state index contributed by atoms with van der Waals surface area (Å²) in [5.74, 6) is 4.96. The van der Waals surface area contributed by atoms with Crippen molar-refractivity contribution in [3.05, 3.63) is 0 Å². The van der Waals surface area contributed by atoms with Gasteiger partial charge in [0.25, 0.3) is 0 Å². The summed E-state index contributed by atoms with van der Waals surface area (Å²) in [6.45, 7) is 3.87. The van der Waals surface area contributed by atoms with E-state index in [9.17, 15) is 4.79 Å². The van der Waals surface area contributed by atoms with E-state index in [1.807, 2.05) is 0 Å². The molecule has 5 heteroatoms. The van der Waals surface area contributed by atoms with E-state index in [-0.39, 0.29) is 5.91 Å². The Kier molecular flexibility index (Phi) is 5.73. The van der Waals surface area contributed by atoms with Crippen molar-refractivity contribution >= 4 is 5.91 Å². The molecule has 0 spiro atoms. The Hall–Kier alpha value is -0.650. The molecule has 94 valence electrons. The number of methoxy groups -OCH3 is 1. The van der Waals surface area contributed by atoms with E-state index in [2.05, 4.69) is 17.2 Å². The summed E-state index contributed by atoms with van der Waals surface area (Å²) in [5, 5.41) is 0. The summed E-state index contributed by atoms with van der Waals surface area (Å²) in [7, 11) is 1.72. The molecule has 1 atom stereocenters. The van der Waals surface area contributed by atoms with E-state index in [0.717, 1.165) is 19.6 Å². The van der Waals surface area contributed by atoms with E-state index in [1.165, 1.54) is 12.8 Å². The molecule has 1 aliphatic rings. The molecule has 0 aromatic carbocycles. The summed E-state index contributed by atoms with van der Waals surface area (Å²) in [5.41, 5.74) is 2.17. The van der Waals surface area contributed by atoms with Crippen LogP contribution in [0.3, 0.4) is 0 Å². The molecule has 1 saturated carbocycles. The Morgan fingerprint density at radius 2 is 2.31 bits per heavy atom. The molecular formula is C11H23N3O2. The topological polar surface area (TPSA) is 67.6 Å². The normalized spacial score (nSPS) is 17.5. The number of amides is 1. The van der Waals surface area contributed by atoms with Crippen LogP contribution in [0, 0.1) is 0 Å². The molecule has 1 amide bonds. The average Bonchev–Trinajstić information content (AvgIpc) is 3.10. The molecule has 1 rings (SSSR count). The third-order valence-corrected chi connectivity index (χ3v) is 3.09. The summed E-state index contributed by atoms with van der Waals surface area (Å²) in [6.07, 6.45) is 3.89. The van der Waals surface area contributed by atoms with Crippen LogP contribution < -0.4 is 11.3 Å². The van der Waals surface area contributed by atoms with E-state index >= 15 is 0 Å². The lowest BCUT2D eigenvalue weighted by Crippen LogP contribution is -2.39. The average molecular weight is 229 g/mol. The molecule has 0 aliphatic heterocycles. The molecule has 3 N–H and O–H groups in total. The van der Waals surface area contributed by atoms with Gasteiger partial charge in [-0.1, -0.05) is 0 Å². The Morgan fingerprint density at radius 1 is 1.62 bits per heavy atom. The first kappa shape index (κ1) is 13.4. The maximum absolute atomic E-state index is 11.1. The van der Waals surface area contributed by atoms with Gasteiger partial charge >= 0.3 is 0 Å². The fraction of sp³-hybridized carbons (Fsp3) is 0.909. The van der Waals surface area contributed by atoms with Crippen LogP contribution in [-0.4, -0.2) is 43.2 Å². The van der Waals surface area contributed by atoms with E-state index in [0.29, 0.717) is 18.5 Å². The van der Waals surface area contributed by atoms with Crippen molar-refractivity contribution in [3.63, 3.8) is 0 Å². The standard InChI is InChI=1S/C11H23N3O2/c1-9(3-6-11(15)13-12)14(7-8-16-2)10-4-5-10/h9-10H,3-8,12H2,1-2H3,(H,13,15). The van der Waals surface area contributed by atoms with Gasteiger partial charge in [-0.25, -0.2) is 5.84 Å². The van der Waals surface area contributed by atoms with Crippen molar-refractivity contribution in [2.45, 2.75) is 44.7 Å². The predicted octanol–water partition coefficient (Wildman–Crippen LogP) is 0.256. The quantitative estimate of drug-likeness (QED) is 0.356. The predicted molar refractivity (Wildman–Crippen MR) is 62.6 cm³/mol. The molecular weight excluding hydrogens is 206 g/mol. The molecule has 1 aliphatic carbocycles. The zero-order valence-corrected chi connectivity index (χ0v) is 10.2. The van der Waals surface area contributed by atoms with Gasteiger partial charge < -0.3 is 4.74 Å². The van der Waals surface area contributed by atoms with Crippen LogP contribution in [0.25, 0.3) is 0 Å². The first-order chi connectivity index (χ1) is 7.69. The number of hydrogen-bond acceptors (Lipinski definition) is 4. The highest BCUT2D eigenvalue weighted by Gasteiger charge is 2.31. The lowest BCUT2D eigenvalue weighted by atomic mass is 10.1. The zero-order chi connectivity index (χ0) is 12.0. The number of carbonyl (C=O) groups excluding carboxylic acids is 1. The number of hydrazine groups is 1. The van der Waals surface area contributed by atoms with E-state index in [1.54, 1.807) is 7.11 Å². The minimum absolute atomic E-state index is 0.0886. The van der Waals surface area contributed by atoms with Crippen molar-refractivity contribution in [2.75, 3.05) is 20.3 Å². The first-order valence-electron chi connectivity index (χ1n) is 5.93. The van der Waals surface area contributed by atoms with Crippen molar-refractivity contribution in [2.24, 2.45) is 5.84 Å². The smallest absolute Gasteiger partial charge is 0.233 e. The van der Waals surface area contributed by atoms with Crippen LogP contribution in [0.1, 0.15) is 32.6 Å². The Labute approximate surface area is 97.3 Å². The minimum atomic E-state index is -0.0886. The molecule has 5 nitrogen and oxygen atoms in total. The van der Waals surface area contributed by atoms with Gasteiger partial charge in [-0.3, -0.25) is 15.1 Å². The van der Waals surface area contributed by atoms with Crippen LogP contribution in [0.15, 0.2) is 0 Å². The number of hydrogen-bond donors (Lipinski definition) is 2. The highest BCUT2D eigenvalue weighted by atomic mass is 16.5. The minimum Gasteiger partial charge on any atom is -0.383 e. The fourth-order valence-electron chi connectivity index (χ4n) is 1.94. The highest BCUT2D eigenvalue weighted by Crippen LogP contribution is 2.29. The maximum Gasteiger partial charge on any atom is 0.233 e. The van der Waals surface area contributed by atoms with Gasteiger partial charge in [0, 0.05) is 32.2 Å². The lowest BCUT2D eigenvalue weighted by Gasteiger charge is -2.28. The Bertz CT molecular complexity index is 219. The third-order valence-electron chi connectivity index (χ3n) is 3.09.